The van der Waals surface area contributed by atoms with Crippen LogP contribution in [0.5, 0.6) is 0 Å². The number of hydrogen-bond donors (Lipinski definition) is 2. The van der Waals surface area contributed by atoms with E-state index in [4.69, 9.17) is 12.2 Å². The van der Waals surface area contributed by atoms with Crippen molar-refractivity contribution in [3.63, 3.8) is 0 Å². The molecule has 5 nitrogen and oxygen atoms in total. The maximum Gasteiger partial charge on any atom is 0.271 e. The van der Waals surface area contributed by atoms with Gasteiger partial charge in [-0.3, -0.25) is 10.1 Å². The number of hydrogen-bond acceptors (Lipinski definition) is 3. The molecule has 0 unspecified atom stereocenters. The number of nitrogens with zero attached hydrogens (tertiary/aromatic N) is 1. The summed E-state index contributed by atoms with van der Waals surface area (Å²) in [7, 11) is 0. The summed E-state index contributed by atoms with van der Waals surface area (Å²) in [5, 5.41) is 17.1. The van der Waals surface area contributed by atoms with Crippen molar-refractivity contribution in [1.82, 2.24) is 0 Å². The van der Waals surface area contributed by atoms with Gasteiger partial charge in [0, 0.05) is 22.3 Å². The molecule has 0 bridgehead atoms. The normalized spacial score (nSPS) is 10.0. The van der Waals surface area contributed by atoms with E-state index in [1.54, 1.807) is 12.1 Å². The molecule has 0 fully saturated rings. The van der Waals surface area contributed by atoms with Gasteiger partial charge in [-0.2, -0.15) is 0 Å². The number of thiocarbonyl (C=S) groups is 1. The van der Waals surface area contributed by atoms with Crippen LogP contribution >= 0.6 is 28.1 Å². The Hall–Kier alpha value is -1.99. The van der Waals surface area contributed by atoms with Crippen LogP contribution in [0.15, 0.2) is 46.9 Å². The van der Waals surface area contributed by atoms with Crippen molar-refractivity contribution in [3.8, 4) is 0 Å². The number of non-ortho nitro benzene ring substituents is 1. The molecule has 0 aromatic heterocycles. The molecule has 0 heterocycles. The minimum atomic E-state index is -0.446. The van der Waals surface area contributed by atoms with Crippen molar-refractivity contribution in [2.24, 2.45) is 0 Å². The third-order valence-corrected chi connectivity index (χ3v) is 3.55. The first-order valence-electron chi connectivity index (χ1n) is 6.04. The molecular formula is C14H12BrN3O2S. The topological polar surface area (TPSA) is 67.2 Å². The van der Waals surface area contributed by atoms with E-state index in [2.05, 4.69) is 26.6 Å². The number of aryl methyl sites for hydroxylation is 1. The van der Waals surface area contributed by atoms with Gasteiger partial charge in [0.2, 0.25) is 0 Å². The number of rotatable bonds is 3. The fourth-order valence-electron chi connectivity index (χ4n) is 1.70. The number of anilines is 2. The van der Waals surface area contributed by atoms with Crippen LogP contribution in [0.2, 0.25) is 0 Å². The van der Waals surface area contributed by atoms with E-state index in [0.717, 1.165) is 15.7 Å². The van der Waals surface area contributed by atoms with Crippen molar-refractivity contribution in [1.29, 1.82) is 0 Å². The summed E-state index contributed by atoms with van der Waals surface area (Å²) in [5.41, 5.74) is 2.53. The molecule has 2 aromatic rings. The van der Waals surface area contributed by atoms with E-state index in [1.807, 2.05) is 25.1 Å². The molecule has 2 aromatic carbocycles. The predicted octanol–water partition coefficient (Wildman–Crippen LogP) is 4.47. The van der Waals surface area contributed by atoms with Gasteiger partial charge in [-0.1, -0.05) is 12.1 Å². The first-order chi connectivity index (χ1) is 9.95. The zero-order chi connectivity index (χ0) is 15.4. The van der Waals surface area contributed by atoms with Crippen LogP contribution < -0.4 is 10.6 Å². The predicted molar refractivity (Wildman–Crippen MR) is 91.8 cm³/mol. The molecular weight excluding hydrogens is 354 g/mol. The lowest BCUT2D eigenvalue weighted by Gasteiger charge is -2.12. The molecule has 2 N–H and O–H groups in total. The molecule has 0 aliphatic rings. The molecule has 0 aliphatic carbocycles. The van der Waals surface area contributed by atoms with Gasteiger partial charge in [-0.15, -0.1) is 0 Å². The lowest BCUT2D eigenvalue weighted by molar-refractivity contribution is -0.384. The van der Waals surface area contributed by atoms with Gasteiger partial charge in [-0.25, -0.2) is 0 Å². The Morgan fingerprint density at radius 2 is 2.00 bits per heavy atom. The van der Waals surface area contributed by atoms with Gasteiger partial charge in [-0.05, 0) is 58.8 Å². The van der Waals surface area contributed by atoms with E-state index in [1.165, 1.54) is 12.1 Å². The van der Waals surface area contributed by atoms with Gasteiger partial charge >= 0.3 is 0 Å². The molecule has 0 saturated heterocycles. The van der Waals surface area contributed by atoms with E-state index >= 15 is 0 Å². The zero-order valence-corrected chi connectivity index (χ0v) is 13.5. The second-order valence-corrected chi connectivity index (χ2v) is 5.63. The summed E-state index contributed by atoms with van der Waals surface area (Å²) in [6.07, 6.45) is 0. The van der Waals surface area contributed by atoms with Gasteiger partial charge in [0.25, 0.3) is 5.69 Å². The smallest absolute Gasteiger partial charge is 0.271 e. The molecule has 0 aliphatic heterocycles. The summed E-state index contributed by atoms with van der Waals surface area (Å²) >= 11 is 8.66. The molecule has 0 atom stereocenters. The largest absolute Gasteiger partial charge is 0.332 e. The number of nitro groups is 1. The Morgan fingerprint density at radius 3 is 2.67 bits per heavy atom. The number of nitro benzene ring substituents is 1. The third-order valence-electron chi connectivity index (χ3n) is 2.69. The fourth-order valence-corrected chi connectivity index (χ4v) is 2.52. The summed E-state index contributed by atoms with van der Waals surface area (Å²) in [5.74, 6) is 0. The first kappa shape index (κ1) is 15.4. The second-order valence-electron chi connectivity index (χ2n) is 4.37. The average Bonchev–Trinajstić information content (AvgIpc) is 2.42. The number of benzene rings is 2. The Balaban J connectivity index is 2.08. The van der Waals surface area contributed by atoms with E-state index < -0.39 is 4.92 Å². The molecule has 0 radical (unpaired) electrons. The highest BCUT2D eigenvalue weighted by Gasteiger charge is 2.07. The monoisotopic (exact) mass is 365 g/mol. The van der Waals surface area contributed by atoms with E-state index in [9.17, 15) is 10.1 Å². The fraction of sp³-hybridized carbons (Fsp3) is 0.0714. The molecule has 7 heteroatoms. The van der Waals surface area contributed by atoms with Crippen LogP contribution in [0, 0.1) is 17.0 Å². The molecule has 21 heavy (non-hydrogen) atoms. The minimum Gasteiger partial charge on any atom is -0.332 e. The maximum absolute atomic E-state index is 10.7. The minimum absolute atomic E-state index is 0.0133. The van der Waals surface area contributed by atoms with Crippen molar-refractivity contribution < 1.29 is 4.92 Å². The van der Waals surface area contributed by atoms with Crippen LogP contribution in [0.1, 0.15) is 5.56 Å². The summed E-state index contributed by atoms with van der Waals surface area (Å²) in [6, 6.07) is 12.0. The summed E-state index contributed by atoms with van der Waals surface area (Å²) in [4.78, 5) is 10.3. The lowest BCUT2D eigenvalue weighted by atomic mass is 10.2. The highest BCUT2D eigenvalue weighted by molar-refractivity contribution is 9.10. The van der Waals surface area contributed by atoms with E-state index in [-0.39, 0.29) is 5.69 Å². The molecule has 2 rings (SSSR count). The van der Waals surface area contributed by atoms with Crippen LogP contribution in [0.4, 0.5) is 17.1 Å². The third kappa shape index (κ3) is 4.24. The van der Waals surface area contributed by atoms with Crippen LogP contribution in [-0.2, 0) is 0 Å². The van der Waals surface area contributed by atoms with Gasteiger partial charge in [0.05, 0.1) is 10.6 Å². The van der Waals surface area contributed by atoms with Gasteiger partial charge in [0.15, 0.2) is 5.11 Å². The van der Waals surface area contributed by atoms with E-state index in [0.29, 0.717) is 10.8 Å². The SMILES string of the molecule is Cc1ccc(NC(=S)Nc2cccc([N+](=O)[O-])c2)c(Br)c1. The summed E-state index contributed by atoms with van der Waals surface area (Å²) < 4.78 is 0.894. The lowest BCUT2D eigenvalue weighted by Crippen LogP contribution is -2.19. The maximum atomic E-state index is 10.7. The Labute approximate surface area is 135 Å². The van der Waals surface area contributed by atoms with Crippen LogP contribution in [-0.4, -0.2) is 10.0 Å². The quantitative estimate of drug-likeness (QED) is 0.477. The van der Waals surface area contributed by atoms with Crippen molar-refractivity contribution in [2.75, 3.05) is 10.6 Å². The molecule has 0 spiro atoms. The van der Waals surface area contributed by atoms with Gasteiger partial charge in [0.1, 0.15) is 0 Å². The van der Waals surface area contributed by atoms with Crippen LogP contribution in [0.3, 0.4) is 0 Å². The molecule has 0 saturated carbocycles. The summed E-state index contributed by atoms with van der Waals surface area (Å²) in [6.45, 7) is 1.99. The highest BCUT2D eigenvalue weighted by atomic mass is 79.9. The van der Waals surface area contributed by atoms with Crippen molar-refractivity contribution >= 4 is 50.3 Å². The molecule has 108 valence electrons. The Bertz CT molecular complexity index is 706. The Morgan fingerprint density at radius 1 is 1.24 bits per heavy atom. The first-order valence-corrected chi connectivity index (χ1v) is 7.24. The second kappa shape index (κ2) is 6.64. The van der Waals surface area contributed by atoms with Gasteiger partial charge < -0.3 is 10.6 Å². The average molecular weight is 366 g/mol. The van der Waals surface area contributed by atoms with Crippen molar-refractivity contribution in [2.45, 2.75) is 6.92 Å². The Kier molecular flexibility index (Phi) is 4.87. The zero-order valence-electron chi connectivity index (χ0n) is 11.1. The standard InChI is InChI=1S/C14H12BrN3O2S/c1-9-5-6-13(12(15)7-9)17-14(21)16-10-3-2-4-11(8-10)18(19)20/h2-8H,1H3,(H2,16,17,21). The highest BCUT2D eigenvalue weighted by Crippen LogP contribution is 2.24. The number of nitrogens with one attached hydrogen (secondary N) is 2. The van der Waals surface area contributed by atoms with Crippen molar-refractivity contribution in [3.05, 3.63) is 62.6 Å². The molecule has 0 amide bonds. The number of halogens is 1. The van der Waals surface area contributed by atoms with Crippen LogP contribution in [0.25, 0.3) is 0 Å².